The van der Waals surface area contributed by atoms with E-state index in [0.717, 1.165) is 17.4 Å². The topological polar surface area (TPSA) is 38.0 Å². The summed E-state index contributed by atoms with van der Waals surface area (Å²) in [6, 6.07) is 0. The highest BCUT2D eigenvalue weighted by Crippen LogP contribution is 2.61. The highest BCUT2D eigenvalue weighted by molar-refractivity contribution is 5.23. The highest BCUT2D eigenvalue weighted by atomic mass is 16.3. The second-order valence-electron chi connectivity index (χ2n) is 6.53. The van der Waals surface area contributed by atoms with Gasteiger partial charge in [0.1, 0.15) is 0 Å². The molecule has 0 aliphatic heterocycles. The zero-order valence-corrected chi connectivity index (χ0v) is 10.3. The number of aliphatic hydroxyl groups is 1. The number of aromatic nitrogens is 2. The fraction of sp³-hybridized carbons (Fsp3) is 0.786. The molecule has 4 fully saturated rings. The molecular weight excluding hydrogens is 212 g/mol. The molecule has 92 valence electrons. The van der Waals surface area contributed by atoms with Gasteiger partial charge in [-0.15, -0.1) is 0 Å². The molecule has 1 aromatic heterocycles. The van der Waals surface area contributed by atoms with Gasteiger partial charge in [0.15, 0.2) is 0 Å². The van der Waals surface area contributed by atoms with Crippen molar-refractivity contribution in [2.24, 2.45) is 30.7 Å². The number of hydrogen-bond donors (Lipinski definition) is 1. The summed E-state index contributed by atoms with van der Waals surface area (Å²) in [7, 11) is 1.93. The second kappa shape index (κ2) is 3.14. The fourth-order valence-corrected chi connectivity index (χ4v) is 5.00. The van der Waals surface area contributed by atoms with Crippen LogP contribution in [0.25, 0.3) is 0 Å². The van der Waals surface area contributed by atoms with Gasteiger partial charge in [0.2, 0.25) is 0 Å². The van der Waals surface area contributed by atoms with Crippen molar-refractivity contribution in [2.75, 3.05) is 0 Å². The van der Waals surface area contributed by atoms with E-state index in [2.05, 4.69) is 5.10 Å². The molecule has 4 aliphatic carbocycles. The van der Waals surface area contributed by atoms with Crippen LogP contribution in [-0.4, -0.2) is 14.9 Å². The zero-order valence-electron chi connectivity index (χ0n) is 10.3. The summed E-state index contributed by atoms with van der Waals surface area (Å²) in [4.78, 5) is 0. The number of aryl methyl sites for hydroxylation is 1. The Morgan fingerprint density at radius 3 is 2.24 bits per heavy atom. The molecule has 0 amide bonds. The van der Waals surface area contributed by atoms with Gasteiger partial charge in [-0.05, 0) is 55.8 Å². The minimum absolute atomic E-state index is 0.489. The van der Waals surface area contributed by atoms with Crippen LogP contribution in [0.1, 0.15) is 37.7 Å². The minimum Gasteiger partial charge on any atom is -0.384 e. The van der Waals surface area contributed by atoms with Gasteiger partial charge in [-0.1, -0.05) is 0 Å². The summed E-state index contributed by atoms with van der Waals surface area (Å²) >= 11 is 0. The Morgan fingerprint density at radius 1 is 1.18 bits per heavy atom. The highest BCUT2D eigenvalue weighted by Gasteiger charge is 2.57. The first-order valence-corrected chi connectivity index (χ1v) is 6.87. The molecule has 0 spiro atoms. The Morgan fingerprint density at radius 2 is 1.76 bits per heavy atom. The molecule has 3 heteroatoms. The average molecular weight is 232 g/mol. The maximum Gasteiger partial charge on any atom is 0.0983 e. The molecule has 0 atom stereocenters. The van der Waals surface area contributed by atoms with Crippen LogP contribution in [0.3, 0.4) is 0 Å². The molecule has 5 rings (SSSR count). The van der Waals surface area contributed by atoms with Gasteiger partial charge in [-0.2, -0.15) is 5.10 Å². The first kappa shape index (κ1) is 10.1. The van der Waals surface area contributed by atoms with Crippen LogP contribution in [0, 0.1) is 23.7 Å². The molecule has 4 saturated carbocycles. The lowest BCUT2D eigenvalue weighted by Crippen LogP contribution is -2.55. The molecule has 1 aromatic rings. The first-order chi connectivity index (χ1) is 8.16. The maximum atomic E-state index is 11.2. The summed E-state index contributed by atoms with van der Waals surface area (Å²) < 4.78 is 1.82. The van der Waals surface area contributed by atoms with E-state index in [1.165, 1.54) is 32.1 Å². The van der Waals surface area contributed by atoms with Gasteiger partial charge >= 0.3 is 0 Å². The monoisotopic (exact) mass is 232 g/mol. The molecule has 1 N–H and O–H groups in total. The van der Waals surface area contributed by atoms with Gasteiger partial charge in [0.25, 0.3) is 0 Å². The molecule has 1 heterocycles. The number of hydrogen-bond acceptors (Lipinski definition) is 2. The van der Waals surface area contributed by atoms with E-state index in [1.54, 1.807) is 0 Å². The van der Waals surface area contributed by atoms with E-state index in [4.69, 9.17) is 0 Å². The van der Waals surface area contributed by atoms with Crippen molar-refractivity contribution in [1.29, 1.82) is 0 Å². The predicted octanol–water partition coefficient (Wildman–Crippen LogP) is 2.06. The minimum atomic E-state index is -0.568. The summed E-state index contributed by atoms with van der Waals surface area (Å²) in [5.74, 6) is 2.77. The van der Waals surface area contributed by atoms with Crippen LogP contribution in [0.15, 0.2) is 12.4 Å². The van der Waals surface area contributed by atoms with E-state index in [1.807, 2.05) is 24.1 Å². The summed E-state index contributed by atoms with van der Waals surface area (Å²) in [6.07, 6.45) is 10.3. The Balaban J connectivity index is 1.78. The number of rotatable bonds is 1. The third-order valence-electron chi connectivity index (χ3n) is 5.55. The Bertz CT molecular complexity index is 423. The second-order valence-corrected chi connectivity index (χ2v) is 6.53. The maximum absolute atomic E-state index is 11.2. The molecule has 0 aromatic carbocycles. The van der Waals surface area contributed by atoms with Crippen LogP contribution in [0.4, 0.5) is 0 Å². The van der Waals surface area contributed by atoms with E-state index in [-0.39, 0.29) is 0 Å². The summed E-state index contributed by atoms with van der Waals surface area (Å²) in [5, 5.41) is 15.5. The van der Waals surface area contributed by atoms with Gasteiger partial charge < -0.3 is 5.11 Å². The molecule has 4 aliphatic rings. The van der Waals surface area contributed by atoms with Crippen LogP contribution < -0.4 is 0 Å². The van der Waals surface area contributed by atoms with Crippen molar-refractivity contribution in [3.8, 4) is 0 Å². The van der Waals surface area contributed by atoms with Gasteiger partial charge in [0.05, 0.1) is 11.8 Å². The van der Waals surface area contributed by atoms with E-state index >= 15 is 0 Å². The standard InChI is InChI=1S/C14H20N2O/c1-16-8-13(7-15-16)14(17)11-3-9-2-10(5-11)6-12(14)4-9/h7-12,17H,2-6H2,1H3. The van der Waals surface area contributed by atoms with Crippen LogP contribution in [-0.2, 0) is 12.6 Å². The van der Waals surface area contributed by atoms with Crippen molar-refractivity contribution in [1.82, 2.24) is 9.78 Å². The zero-order chi connectivity index (χ0) is 11.6. The van der Waals surface area contributed by atoms with E-state index < -0.39 is 5.60 Å². The number of nitrogens with zero attached hydrogens (tertiary/aromatic N) is 2. The third kappa shape index (κ3) is 1.23. The summed E-state index contributed by atoms with van der Waals surface area (Å²) in [6.45, 7) is 0. The van der Waals surface area contributed by atoms with Gasteiger partial charge in [-0.3, -0.25) is 4.68 Å². The van der Waals surface area contributed by atoms with Crippen molar-refractivity contribution in [2.45, 2.75) is 37.7 Å². The molecule has 3 nitrogen and oxygen atoms in total. The molecule has 0 unspecified atom stereocenters. The molecule has 4 bridgehead atoms. The quantitative estimate of drug-likeness (QED) is 0.805. The van der Waals surface area contributed by atoms with Gasteiger partial charge in [0, 0.05) is 18.8 Å². The Labute approximate surface area is 102 Å². The summed E-state index contributed by atoms with van der Waals surface area (Å²) in [5.41, 5.74) is 0.496. The Kier molecular flexibility index (Phi) is 1.87. The molecule has 0 radical (unpaired) electrons. The molecular formula is C14H20N2O. The van der Waals surface area contributed by atoms with Crippen LogP contribution in [0.2, 0.25) is 0 Å². The van der Waals surface area contributed by atoms with E-state index in [9.17, 15) is 5.11 Å². The van der Waals surface area contributed by atoms with Crippen molar-refractivity contribution >= 4 is 0 Å². The average Bonchev–Trinajstić information content (AvgIpc) is 2.72. The van der Waals surface area contributed by atoms with Crippen molar-refractivity contribution in [3.05, 3.63) is 18.0 Å². The lowest BCUT2D eigenvalue weighted by Gasteiger charge is -2.58. The SMILES string of the molecule is Cn1cc(C2(O)C3CC4CC(C3)CC2C4)cn1. The molecule has 17 heavy (non-hydrogen) atoms. The lowest BCUT2D eigenvalue weighted by atomic mass is 9.49. The fourth-order valence-electron chi connectivity index (χ4n) is 5.00. The van der Waals surface area contributed by atoms with E-state index in [0.29, 0.717) is 11.8 Å². The third-order valence-corrected chi connectivity index (χ3v) is 5.55. The van der Waals surface area contributed by atoms with Crippen LogP contribution >= 0.6 is 0 Å². The first-order valence-electron chi connectivity index (χ1n) is 6.87. The van der Waals surface area contributed by atoms with Gasteiger partial charge in [-0.25, -0.2) is 0 Å². The van der Waals surface area contributed by atoms with Crippen molar-refractivity contribution in [3.63, 3.8) is 0 Å². The predicted molar refractivity (Wildman–Crippen MR) is 64.1 cm³/mol. The van der Waals surface area contributed by atoms with Crippen molar-refractivity contribution < 1.29 is 5.11 Å². The lowest BCUT2D eigenvalue weighted by molar-refractivity contribution is -0.179. The largest absolute Gasteiger partial charge is 0.384 e. The molecule has 0 saturated heterocycles. The smallest absolute Gasteiger partial charge is 0.0983 e. The Hall–Kier alpha value is -0.830. The normalized spacial score (nSPS) is 47.6. The van der Waals surface area contributed by atoms with Crippen LogP contribution in [0.5, 0.6) is 0 Å².